The van der Waals surface area contributed by atoms with Gasteiger partial charge in [-0.05, 0) is 73.2 Å². The molecule has 4 saturated heterocycles. The first kappa shape index (κ1) is 36.2. The zero-order chi connectivity index (χ0) is 36.6. The number of rotatable bonds is 11. The van der Waals surface area contributed by atoms with E-state index < -0.39 is 24.3 Å². The molecule has 0 radical (unpaired) electrons. The molecule has 0 bridgehead atoms. The lowest BCUT2D eigenvalue weighted by molar-refractivity contribution is -0.120. The second-order valence-corrected chi connectivity index (χ2v) is 14.0. The van der Waals surface area contributed by atoms with E-state index >= 15 is 0 Å². The summed E-state index contributed by atoms with van der Waals surface area (Å²) in [6.07, 6.45) is 2.59. The van der Waals surface area contributed by atoms with Crippen LogP contribution in [0.3, 0.4) is 0 Å². The maximum atomic E-state index is 13.2. The Kier molecular flexibility index (Phi) is 11.7. The predicted molar refractivity (Wildman–Crippen MR) is 197 cm³/mol. The summed E-state index contributed by atoms with van der Waals surface area (Å²) in [5.74, 6) is -0.447. The standard InChI is InChI=1S/C40H47N5O8/c46-37(35-8-4-20-44(35)39(48)52-33-18-22-50-26-33)41-30-14-10-28(11-15-30)24-43(32-6-2-1-3-7-32)25-29-12-16-31(17-13-29)42-38(47)36-9-5-21-45(36)40(49)53-34-19-23-51-27-34/h1-3,6-7,10-17,33-36H,4-5,8-9,18-27H2,(H,41,46)(H,42,47). The number of carbonyl (C=O) groups excluding carboxylic acids is 4. The van der Waals surface area contributed by atoms with Crippen LogP contribution in [0.15, 0.2) is 78.9 Å². The fourth-order valence-electron chi connectivity index (χ4n) is 7.30. The Hall–Kier alpha value is -5.14. The van der Waals surface area contributed by atoms with Crippen LogP contribution in [0.4, 0.5) is 26.7 Å². The second-order valence-electron chi connectivity index (χ2n) is 14.0. The summed E-state index contributed by atoms with van der Waals surface area (Å²) >= 11 is 0. The molecule has 53 heavy (non-hydrogen) atoms. The average molecular weight is 726 g/mol. The summed E-state index contributed by atoms with van der Waals surface area (Å²) in [4.78, 5) is 57.3. The van der Waals surface area contributed by atoms with Crippen molar-refractivity contribution >= 4 is 41.1 Å². The van der Waals surface area contributed by atoms with Gasteiger partial charge in [0.15, 0.2) is 0 Å². The quantitative estimate of drug-likeness (QED) is 0.261. The smallest absolute Gasteiger partial charge is 0.410 e. The average Bonchev–Trinajstić information content (AvgIpc) is 4.02. The highest BCUT2D eigenvalue weighted by molar-refractivity contribution is 5.97. The second kappa shape index (κ2) is 17.1. The van der Waals surface area contributed by atoms with Gasteiger partial charge in [-0.2, -0.15) is 0 Å². The Morgan fingerprint density at radius 3 is 1.49 bits per heavy atom. The predicted octanol–water partition coefficient (Wildman–Crippen LogP) is 5.55. The van der Waals surface area contributed by atoms with Gasteiger partial charge >= 0.3 is 12.2 Å². The molecule has 3 aromatic carbocycles. The van der Waals surface area contributed by atoms with E-state index in [0.29, 0.717) is 89.7 Å². The number of ether oxygens (including phenoxy) is 4. The van der Waals surface area contributed by atoms with E-state index in [2.05, 4.69) is 27.7 Å². The fraction of sp³-hybridized carbons (Fsp3) is 0.450. The molecule has 4 atom stereocenters. The minimum atomic E-state index is -0.573. The molecule has 2 N–H and O–H groups in total. The molecular formula is C40H47N5O8. The van der Waals surface area contributed by atoms with Crippen LogP contribution in [-0.4, -0.2) is 97.6 Å². The largest absolute Gasteiger partial charge is 0.444 e. The van der Waals surface area contributed by atoms with Crippen molar-refractivity contribution in [2.45, 2.75) is 75.9 Å². The van der Waals surface area contributed by atoms with Gasteiger partial charge in [0, 0.05) is 56.1 Å². The summed E-state index contributed by atoms with van der Waals surface area (Å²) in [7, 11) is 0. The van der Waals surface area contributed by atoms with Gasteiger partial charge in [-0.1, -0.05) is 42.5 Å². The number of para-hydroxylation sites is 1. The number of hydrogen-bond donors (Lipinski definition) is 2. The molecule has 4 aliphatic rings. The van der Waals surface area contributed by atoms with Gasteiger partial charge in [-0.3, -0.25) is 19.4 Å². The summed E-state index contributed by atoms with van der Waals surface area (Å²) in [6.45, 7) is 4.16. The van der Waals surface area contributed by atoms with Crippen molar-refractivity contribution in [3.63, 3.8) is 0 Å². The molecule has 280 valence electrons. The molecule has 0 saturated carbocycles. The Morgan fingerprint density at radius 2 is 1.08 bits per heavy atom. The maximum absolute atomic E-state index is 13.2. The van der Waals surface area contributed by atoms with Crippen LogP contribution in [0.5, 0.6) is 0 Å². The summed E-state index contributed by atoms with van der Waals surface area (Å²) in [5.41, 5.74) is 4.49. The van der Waals surface area contributed by atoms with Gasteiger partial charge < -0.3 is 34.5 Å². The van der Waals surface area contributed by atoms with Crippen LogP contribution in [-0.2, 0) is 41.6 Å². The van der Waals surface area contributed by atoms with Crippen molar-refractivity contribution in [1.82, 2.24) is 9.80 Å². The fourth-order valence-corrected chi connectivity index (χ4v) is 7.30. The molecule has 4 fully saturated rings. The molecule has 7 rings (SSSR count). The first-order valence-corrected chi connectivity index (χ1v) is 18.6. The number of likely N-dealkylation sites (tertiary alicyclic amines) is 2. The number of hydrogen-bond acceptors (Lipinski definition) is 9. The van der Waals surface area contributed by atoms with Crippen molar-refractivity contribution in [2.75, 3.05) is 55.1 Å². The third-order valence-electron chi connectivity index (χ3n) is 10.2. The topological polar surface area (TPSA) is 139 Å². The van der Waals surface area contributed by atoms with Crippen LogP contribution >= 0.6 is 0 Å². The van der Waals surface area contributed by atoms with Gasteiger partial charge in [0.25, 0.3) is 0 Å². The molecule has 0 spiro atoms. The highest BCUT2D eigenvalue weighted by Gasteiger charge is 2.38. The van der Waals surface area contributed by atoms with Crippen molar-refractivity contribution in [3.8, 4) is 0 Å². The van der Waals surface area contributed by atoms with E-state index in [9.17, 15) is 19.2 Å². The van der Waals surface area contributed by atoms with Crippen molar-refractivity contribution in [1.29, 1.82) is 0 Å². The first-order chi connectivity index (χ1) is 25.9. The number of benzene rings is 3. The van der Waals surface area contributed by atoms with Gasteiger partial charge in [0.1, 0.15) is 24.3 Å². The highest BCUT2D eigenvalue weighted by Crippen LogP contribution is 2.26. The molecular weight excluding hydrogens is 678 g/mol. The van der Waals surface area contributed by atoms with Gasteiger partial charge in [-0.25, -0.2) is 9.59 Å². The first-order valence-electron chi connectivity index (χ1n) is 18.6. The number of nitrogens with zero attached hydrogens (tertiary/aromatic N) is 3. The van der Waals surface area contributed by atoms with Gasteiger partial charge in [0.05, 0.1) is 26.4 Å². The third-order valence-corrected chi connectivity index (χ3v) is 10.2. The number of carbonyl (C=O) groups is 4. The zero-order valence-electron chi connectivity index (χ0n) is 29.8. The van der Waals surface area contributed by atoms with Crippen molar-refractivity contribution in [3.05, 3.63) is 90.0 Å². The summed E-state index contributed by atoms with van der Waals surface area (Å²) in [5, 5.41) is 5.97. The van der Waals surface area contributed by atoms with Crippen LogP contribution in [0.1, 0.15) is 49.7 Å². The maximum Gasteiger partial charge on any atom is 0.410 e. The summed E-state index contributed by atoms with van der Waals surface area (Å²) < 4.78 is 21.8. The van der Waals surface area contributed by atoms with E-state index in [0.717, 1.165) is 29.7 Å². The zero-order valence-corrected chi connectivity index (χ0v) is 29.8. The van der Waals surface area contributed by atoms with E-state index in [1.165, 1.54) is 9.80 Å². The van der Waals surface area contributed by atoms with Crippen LogP contribution in [0.2, 0.25) is 0 Å². The van der Waals surface area contributed by atoms with Crippen molar-refractivity contribution in [2.24, 2.45) is 0 Å². The lowest BCUT2D eigenvalue weighted by Gasteiger charge is -2.26. The number of amides is 4. The highest BCUT2D eigenvalue weighted by atomic mass is 16.6. The molecule has 4 heterocycles. The minimum absolute atomic E-state index is 0.224. The Bertz CT molecular complexity index is 1600. The van der Waals surface area contributed by atoms with Crippen molar-refractivity contribution < 1.29 is 38.1 Å². The lowest BCUT2D eigenvalue weighted by Crippen LogP contribution is -2.44. The lowest BCUT2D eigenvalue weighted by atomic mass is 10.1. The Morgan fingerprint density at radius 1 is 0.623 bits per heavy atom. The molecule has 0 aromatic heterocycles. The minimum Gasteiger partial charge on any atom is -0.444 e. The molecule has 4 unspecified atom stereocenters. The van der Waals surface area contributed by atoms with E-state index in [4.69, 9.17) is 18.9 Å². The molecule has 4 amide bonds. The normalized spacial score (nSPS) is 22.4. The van der Waals surface area contributed by atoms with Gasteiger partial charge in [-0.15, -0.1) is 0 Å². The van der Waals surface area contributed by atoms with Crippen LogP contribution in [0, 0.1) is 0 Å². The Labute approximate surface area is 309 Å². The summed E-state index contributed by atoms with van der Waals surface area (Å²) in [6, 6.07) is 24.5. The third kappa shape index (κ3) is 9.27. The molecule has 13 nitrogen and oxygen atoms in total. The molecule has 0 aliphatic carbocycles. The SMILES string of the molecule is O=C(Nc1ccc(CN(Cc2ccc(NC(=O)C3CCCN3C(=O)OC3CCOC3)cc2)c2ccccc2)cc1)C1CCCN1C(=O)OC1CCOC1. The molecule has 13 heteroatoms. The van der Waals surface area contributed by atoms with Gasteiger partial charge in [0.2, 0.25) is 11.8 Å². The molecule has 3 aromatic rings. The number of nitrogens with one attached hydrogen (secondary N) is 2. The Balaban J connectivity index is 0.939. The molecule has 4 aliphatic heterocycles. The number of anilines is 3. The van der Waals surface area contributed by atoms with E-state index in [1.807, 2.05) is 66.7 Å². The van der Waals surface area contributed by atoms with Crippen LogP contribution in [0.25, 0.3) is 0 Å². The van der Waals surface area contributed by atoms with E-state index in [1.54, 1.807) is 0 Å². The monoisotopic (exact) mass is 725 g/mol. The van der Waals surface area contributed by atoms with E-state index in [-0.39, 0.29) is 24.0 Å². The van der Waals surface area contributed by atoms with Crippen LogP contribution < -0.4 is 15.5 Å².